The summed E-state index contributed by atoms with van der Waals surface area (Å²) in [6.45, 7) is 5.44. The van der Waals surface area contributed by atoms with Crippen LogP contribution in [-0.2, 0) is 6.18 Å². The molecular weight excluding hydrogens is 217 g/mol. The molecule has 1 heterocycles. The molecule has 0 bridgehead atoms. The van der Waals surface area contributed by atoms with E-state index in [1.54, 1.807) is 25.1 Å². The maximum atomic E-state index is 12.4. The molecule has 0 atom stereocenters. The van der Waals surface area contributed by atoms with E-state index in [1.165, 1.54) is 0 Å². The Morgan fingerprint density at radius 3 is 2.62 bits per heavy atom. The van der Waals surface area contributed by atoms with Gasteiger partial charge in [0, 0.05) is 5.56 Å². The van der Waals surface area contributed by atoms with Crippen LogP contribution in [0.2, 0.25) is 0 Å². The van der Waals surface area contributed by atoms with Crippen molar-refractivity contribution in [1.29, 1.82) is 0 Å². The van der Waals surface area contributed by atoms with Crippen molar-refractivity contribution in [2.24, 2.45) is 0 Å². The van der Waals surface area contributed by atoms with Gasteiger partial charge in [-0.05, 0) is 18.6 Å². The zero-order chi connectivity index (χ0) is 11.9. The largest absolute Gasteiger partial charge is 0.449 e. The van der Waals surface area contributed by atoms with E-state index < -0.39 is 12.0 Å². The van der Waals surface area contributed by atoms with Crippen LogP contribution in [0.15, 0.2) is 24.8 Å². The van der Waals surface area contributed by atoms with E-state index in [9.17, 15) is 13.2 Å². The van der Waals surface area contributed by atoms with Crippen LogP contribution in [0.4, 0.5) is 13.2 Å². The third kappa shape index (κ3) is 1.68. The highest BCUT2D eigenvalue weighted by Crippen LogP contribution is 2.30. The van der Waals surface area contributed by atoms with Gasteiger partial charge in [-0.25, -0.2) is 4.98 Å². The molecular formula is C11H9F3N2. The van der Waals surface area contributed by atoms with E-state index >= 15 is 0 Å². The van der Waals surface area contributed by atoms with Crippen LogP contribution in [0, 0.1) is 0 Å². The van der Waals surface area contributed by atoms with Crippen LogP contribution in [-0.4, -0.2) is 9.97 Å². The molecule has 0 aliphatic carbocycles. The van der Waals surface area contributed by atoms with Gasteiger partial charge in [0.25, 0.3) is 0 Å². The molecule has 0 radical (unpaired) electrons. The van der Waals surface area contributed by atoms with Gasteiger partial charge in [-0.1, -0.05) is 18.7 Å². The standard InChI is InChI=1S/C11H9F3N2/c1-6(2)7-4-3-5-8-9(7)16-10(15-8)11(12,13)14/h3-5H,1H2,2H3,(H,15,16). The van der Waals surface area contributed by atoms with Crippen LogP contribution >= 0.6 is 0 Å². The van der Waals surface area contributed by atoms with Gasteiger partial charge >= 0.3 is 6.18 Å². The number of imidazole rings is 1. The molecule has 1 aromatic heterocycles. The molecule has 0 saturated heterocycles. The Morgan fingerprint density at radius 1 is 1.38 bits per heavy atom. The van der Waals surface area contributed by atoms with Gasteiger partial charge in [0.2, 0.25) is 5.82 Å². The number of nitrogens with zero attached hydrogens (tertiary/aromatic N) is 1. The molecule has 5 heteroatoms. The van der Waals surface area contributed by atoms with Gasteiger partial charge < -0.3 is 4.98 Å². The zero-order valence-corrected chi connectivity index (χ0v) is 8.52. The van der Waals surface area contributed by atoms with Gasteiger partial charge in [0.15, 0.2) is 0 Å². The molecule has 0 aliphatic heterocycles. The second-order valence-electron chi connectivity index (χ2n) is 3.57. The Morgan fingerprint density at radius 2 is 2.06 bits per heavy atom. The first kappa shape index (κ1) is 10.7. The minimum atomic E-state index is -4.45. The topological polar surface area (TPSA) is 28.7 Å². The molecule has 2 nitrogen and oxygen atoms in total. The number of aromatic amines is 1. The molecule has 16 heavy (non-hydrogen) atoms. The summed E-state index contributed by atoms with van der Waals surface area (Å²) >= 11 is 0. The quantitative estimate of drug-likeness (QED) is 0.790. The number of aromatic nitrogens is 2. The van der Waals surface area contributed by atoms with E-state index in [0.717, 1.165) is 0 Å². The van der Waals surface area contributed by atoms with Crippen molar-refractivity contribution in [3.8, 4) is 0 Å². The van der Waals surface area contributed by atoms with E-state index in [2.05, 4.69) is 16.5 Å². The molecule has 0 saturated carbocycles. The Hall–Kier alpha value is -1.78. The summed E-state index contributed by atoms with van der Waals surface area (Å²) in [5, 5.41) is 0. The number of alkyl halides is 3. The lowest BCUT2D eigenvalue weighted by atomic mass is 10.1. The fraction of sp³-hybridized carbons (Fsp3) is 0.182. The van der Waals surface area contributed by atoms with Crippen molar-refractivity contribution in [1.82, 2.24) is 9.97 Å². The smallest absolute Gasteiger partial charge is 0.334 e. The van der Waals surface area contributed by atoms with Crippen LogP contribution < -0.4 is 0 Å². The molecule has 0 unspecified atom stereocenters. The highest BCUT2D eigenvalue weighted by molar-refractivity contribution is 5.88. The first-order valence-electron chi connectivity index (χ1n) is 4.61. The van der Waals surface area contributed by atoms with Crippen molar-refractivity contribution in [2.45, 2.75) is 13.1 Å². The molecule has 0 aliphatic rings. The number of fused-ring (bicyclic) bond motifs is 1. The fourth-order valence-corrected chi connectivity index (χ4v) is 1.51. The second-order valence-corrected chi connectivity index (χ2v) is 3.57. The molecule has 2 rings (SSSR count). The number of hydrogen-bond donors (Lipinski definition) is 1. The summed E-state index contributed by atoms with van der Waals surface area (Å²) in [6.07, 6.45) is -4.45. The van der Waals surface area contributed by atoms with Gasteiger partial charge in [0.05, 0.1) is 11.0 Å². The van der Waals surface area contributed by atoms with Crippen LogP contribution in [0.25, 0.3) is 16.6 Å². The summed E-state index contributed by atoms with van der Waals surface area (Å²) in [7, 11) is 0. The molecule has 0 amide bonds. The average Bonchev–Trinajstić information content (AvgIpc) is 2.59. The highest BCUT2D eigenvalue weighted by atomic mass is 19.4. The van der Waals surface area contributed by atoms with Gasteiger partial charge in [0.1, 0.15) is 0 Å². The van der Waals surface area contributed by atoms with Gasteiger partial charge in [-0.15, -0.1) is 0 Å². The van der Waals surface area contributed by atoms with Crippen molar-refractivity contribution >= 4 is 16.6 Å². The first-order chi connectivity index (χ1) is 7.39. The Balaban J connectivity index is 2.71. The normalized spacial score (nSPS) is 12.0. The Bertz CT molecular complexity index is 552. The van der Waals surface area contributed by atoms with E-state index in [4.69, 9.17) is 0 Å². The number of benzene rings is 1. The van der Waals surface area contributed by atoms with Crippen LogP contribution in [0.3, 0.4) is 0 Å². The maximum Gasteiger partial charge on any atom is 0.449 e. The second kappa shape index (κ2) is 3.37. The number of H-pyrrole nitrogens is 1. The molecule has 1 aromatic carbocycles. The third-order valence-electron chi connectivity index (χ3n) is 2.24. The maximum absolute atomic E-state index is 12.4. The number of halogens is 3. The summed E-state index contributed by atoms with van der Waals surface area (Å²) in [4.78, 5) is 5.82. The van der Waals surface area contributed by atoms with Crippen molar-refractivity contribution in [3.63, 3.8) is 0 Å². The monoisotopic (exact) mass is 226 g/mol. The number of hydrogen-bond acceptors (Lipinski definition) is 1. The predicted octanol–water partition coefficient (Wildman–Crippen LogP) is 3.61. The van der Waals surface area contributed by atoms with Gasteiger partial charge in [-0.2, -0.15) is 13.2 Å². The fourth-order valence-electron chi connectivity index (χ4n) is 1.51. The van der Waals surface area contributed by atoms with Crippen molar-refractivity contribution < 1.29 is 13.2 Å². The number of allylic oxidation sites excluding steroid dienone is 1. The van der Waals surface area contributed by atoms with Crippen molar-refractivity contribution in [2.75, 3.05) is 0 Å². The lowest BCUT2D eigenvalue weighted by Gasteiger charge is -2.00. The first-order valence-corrected chi connectivity index (χ1v) is 4.61. The van der Waals surface area contributed by atoms with Crippen LogP contribution in [0.1, 0.15) is 18.3 Å². The SMILES string of the molecule is C=C(C)c1cccc2[nH]c(C(F)(F)F)nc12. The van der Waals surface area contributed by atoms with Gasteiger partial charge in [-0.3, -0.25) is 0 Å². The highest BCUT2D eigenvalue weighted by Gasteiger charge is 2.34. The summed E-state index contributed by atoms with van der Waals surface area (Å²) in [5.74, 6) is -0.976. The lowest BCUT2D eigenvalue weighted by Crippen LogP contribution is -2.06. The Kier molecular flexibility index (Phi) is 2.26. The number of nitrogens with one attached hydrogen (secondary N) is 1. The van der Waals surface area contributed by atoms with E-state index in [0.29, 0.717) is 22.2 Å². The molecule has 1 N–H and O–H groups in total. The van der Waals surface area contributed by atoms with E-state index in [-0.39, 0.29) is 0 Å². The molecule has 2 aromatic rings. The third-order valence-corrected chi connectivity index (χ3v) is 2.24. The Labute approximate surface area is 89.8 Å². The van der Waals surface area contributed by atoms with Crippen molar-refractivity contribution in [3.05, 3.63) is 36.2 Å². The molecule has 84 valence electrons. The number of para-hydroxylation sites is 1. The minimum Gasteiger partial charge on any atom is -0.334 e. The van der Waals surface area contributed by atoms with E-state index in [1.807, 2.05) is 0 Å². The lowest BCUT2D eigenvalue weighted by molar-refractivity contribution is -0.144. The van der Waals surface area contributed by atoms with Crippen LogP contribution in [0.5, 0.6) is 0 Å². The summed E-state index contributed by atoms with van der Waals surface area (Å²) in [5.41, 5.74) is 1.99. The average molecular weight is 226 g/mol. The molecule has 0 fully saturated rings. The molecule has 0 spiro atoms. The summed E-state index contributed by atoms with van der Waals surface area (Å²) < 4.78 is 37.3. The zero-order valence-electron chi connectivity index (χ0n) is 8.52. The predicted molar refractivity (Wildman–Crippen MR) is 55.8 cm³/mol. The minimum absolute atomic E-state index is 0.308. The summed E-state index contributed by atoms with van der Waals surface area (Å²) in [6, 6.07) is 4.93. The number of rotatable bonds is 1.